The standard InChI is InChI=1S/C22H14N2O4/c1-28-17-10-11(25)6-7-14(17)22-23-16-9-8-15-18(19(16)24-22)21(27)13-5-3-2-4-12(13)20(15)26/h2-10,25H,1H3,(H,23,24). The Kier molecular flexibility index (Phi) is 3.36. The number of rotatable bonds is 2. The molecule has 2 N–H and O–H groups in total. The molecule has 0 atom stereocenters. The Morgan fingerprint density at radius 3 is 2.36 bits per heavy atom. The minimum Gasteiger partial charge on any atom is -0.508 e. The van der Waals surface area contributed by atoms with Gasteiger partial charge in [-0.1, -0.05) is 24.3 Å². The van der Waals surface area contributed by atoms with Crippen molar-refractivity contribution in [3.05, 3.63) is 76.9 Å². The van der Waals surface area contributed by atoms with Gasteiger partial charge in [0.15, 0.2) is 11.6 Å². The summed E-state index contributed by atoms with van der Waals surface area (Å²) in [6.45, 7) is 0. The van der Waals surface area contributed by atoms with E-state index in [0.29, 0.717) is 50.4 Å². The van der Waals surface area contributed by atoms with Crippen molar-refractivity contribution in [3.8, 4) is 22.9 Å². The lowest BCUT2D eigenvalue weighted by atomic mass is 9.83. The number of ketones is 2. The van der Waals surface area contributed by atoms with E-state index >= 15 is 0 Å². The number of aromatic amines is 1. The van der Waals surface area contributed by atoms with Crippen LogP contribution in [0.15, 0.2) is 54.6 Å². The van der Waals surface area contributed by atoms with Gasteiger partial charge in [0.25, 0.3) is 0 Å². The zero-order valence-corrected chi connectivity index (χ0v) is 14.8. The molecule has 6 nitrogen and oxygen atoms in total. The SMILES string of the molecule is COc1cc(O)ccc1-c1nc2c3c(ccc2[nH]1)C(=O)c1ccccc1C3=O. The lowest BCUT2D eigenvalue weighted by molar-refractivity contribution is 0.0980. The van der Waals surface area contributed by atoms with Crippen molar-refractivity contribution in [1.82, 2.24) is 9.97 Å². The van der Waals surface area contributed by atoms with E-state index in [2.05, 4.69) is 9.97 Å². The predicted octanol–water partition coefficient (Wildman–Crippen LogP) is 3.72. The Labute approximate surface area is 159 Å². The number of aromatic hydroxyl groups is 1. The molecule has 0 radical (unpaired) electrons. The van der Waals surface area contributed by atoms with Crippen LogP contribution in [-0.4, -0.2) is 33.8 Å². The van der Waals surface area contributed by atoms with Crippen molar-refractivity contribution in [2.75, 3.05) is 7.11 Å². The van der Waals surface area contributed by atoms with Crippen LogP contribution in [0.2, 0.25) is 0 Å². The normalized spacial score (nSPS) is 12.8. The number of ether oxygens (including phenoxy) is 1. The molecule has 0 amide bonds. The number of nitrogens with one attached hydrogen (secondary N) is 1. The van der Waals surface area contributed by atoms with Gasteiger partial charge in [-0.2, -0.15) is 0 Å². The molecule has 0 fully saturated rings. The molecule has 1 aliphatic carbocycles. The van der Waals surface area contributed by atoms with Gasteiger partial charge in [0.1, 0.15) is 22.8 Å². The zero-order valence-electron chi connectivity index (χ0n) is 14.8. The molecule has 1 aromatic heterocycles. The van der Waals surface area contributed by atoms with Gasteiger partial charge in [-0.15, -0.1) is 0 Å². The van der Waals surface area contributed by atoms with Crippen molar-refractivity contribution in [2.24, 2.45) is 0 Å². The number of methoxy groups -OCH3 is 1. The second kappa shape index (κ2) is 5.79. The highest BCUT2D eigenvalue weighted by Crippen LogP contribution is 2.36. The molecule has 28 heavy (non-hydrogen) atoms. The van der Waals surface area contributed by atoms with Gasteiger partial charge in [-0.05, 0) is 24.3 Å². The number of carbonyl (C=O) groups is 2. The Balaban J connectivity index is 1.76. The Morgan fingerprint density at radius 1 is 0.893 bits per heavy atom. The van der Waals surface area contributed by atoms with Crippen LogP contribution in [0.3, 0.4) is 0 Å². The third kappa shape index (κ3) is 2.18. The fraction of sp³-hybridized carbons (Fsp3) is 0.0455. The molecule has 0 saturated carbocycles. The largest absolute Gasteiger partial charge is 0.508 e. The van der Waals surface area contributed by atoms with E-state index in [4.69, 9.17) is 4.74 Å². The van der Waals surface area contributed by atoms with Crippen molar-refractivity contribution < 1.29 is 19.4 Å². The predicted molar refractivity (Wildman–Crippen MR) is 103 cm³/mol. The fourth-order valence-electron chi connectivity index (χ4n) is 3.66. The number of benzene rings is 3. The first-order chi connectivity index (χ1) is 13.6. The summed E-state index contributed by atoms with van der Waals surface area (Å²) in [5.41, 5.74) is 3.18. The molecule has 0 saturated heterocycles. The zero-order chi connectivity index (χ0) is 19.4. The van der Waals surface area contributed by atoms with Gasteiger partial charge in [0.2, 0.25) is 0 Å². The molecule has 1 aliphatic rings. The average Bonchev–Trinajstić information content (AvgIpc) is 3.15. The molecule has 0 unspecified atom stereocenters. The summed E-state index contributed by atoms with van der Waals surface area (Å²) in [5.74, 6) is 0.608. The molecule has 3 aromatic carbocycles. The Hall–Kier alpha value is -3.93. The number of fused-ring (bicyclic) bond motifs is 4. The molecular formula is C22H14N2O4. The number of hydrogen-bond donors (Lipinski definition) is 2. The monoisotopic (exact) mass is 370 g/mol. The number of phenolic OH excluding ortho intramolecular Hbond substituents is 1. The van der Waals surface area contributed by atoms with Crippen LogP contribution in [-0.2, 0) is 0 Å². The molecule has 1 heterocycles. The van der Waals surface area contributed by atoms with Crippen LogP contribution in [0.25, 0.3) is 22.4 Å². The lowest BCUT2D eigenvalue weighted by Crippen LogP contribution is -2.21. The Bertz CT molecular complexity index is 1300. The second-order valence-electron chi connectivity index (χ2n) is 6.56. The van der Waals surface area contributed by atoms with E-state index in [-0.39, 0.29) is 17.3 Å². The summed E-state index contributed by atoms with van der Waals surface area (Å²) in [5, 5.41) is 9.68. The smallest absolute Gasteiger partial charge is 0.196 e. The molecule has 0 spiro atoms. The maximum atomic E-state index is 13.1. The highest BCUT2D eigenvalue weighted by molar-refractivity contribution is 6.31. The van der Waals surface area contributed by atoms with E-state index in [0.717, 1.165) is 0 Å². The van der Waals surface area contributed by atoms with E-state index in [9.17, 15) is 14.7 Å². The average molecular weight is 370 g/mol. The number of carbonyl (C=O) groups excluding carboxylic acids is 2. The first-order valence-electron chi connectivity index (χ1n) is 8.67. The molecule has 5 rings (SSSR count). The van der Waals surface area contributed by atoms with Crippen LogP contribution in [0, 0.1) is 0 Å². The topological polar surface area (TPSA) is 92.3 Å². The first-order valence-corrected chi connectivity index (χ1v) is 8.67. The van der Waals surface area contributed by atoms with Crippen LogP contribution in [0.5, 0.6) is 11.5 Å². The summed E-state index contributed by atoms with van der Waals surface area (Å²) in [6.07, 6.45) is 0. The van der Waals surface area contributed by atoms with Gasteiger partial charge >= 0.3 is 0 Å². The molecular weight excluding hydrogens is 356 g/mol. The molecule has 6 heteroatoms. The third-order valence-electron chi connectivity index (χ3n) is 4.98. The van der Waals surface area contributed by atoms with E-state index < -0.39 is 0 Å². The molecule has 0 bridgehead atoms. The van der Waals surface area contributed by atoms with Crippen LogP contribution in [0.1, 0.15) is 31.8 Å². The summed E-state index contributed by atoms with van der Waals surface area (Å²) < 4.78 is 5.33. The van der Waals surface area contributed by atoms with Crippen LogP contribution < -0.4 is 4.74 Å². The van der Waals surface area contributed by atoms with Gasteiger partial charge in [-0.3, -0.25) is 9.59 Å². The first kappa shape index (κ1) is 16.3. The minimum absolute atomic E-state index is 0.0754. The second-order valence-corrected chi connectivity index (χ2v) is 6.56. The number of imidazole rings is 1. The van der Waals surface area contributed by atoms with Gasteiger partial charge in [0, 0.05) is 22.8 Å². The number of phenols is 1. The number of H-pyrrole nitrogens is 1. The van der Waals surface area contributed by atoms with Crippen LogP contribution in [0.4, 0.5) is 0 Å². The quantitative estimate of drug-likeness (QED) is 0.494. The van der Waals surface area contributed by atoms with Crippen molar-refractivity contribution in [3.63, 3.8) is 0 Å². The van der Waals surface area contributed by atoms with Gasteiger partial charge in [-0.25, -0.2) is 4.98 Å². The highest BCUT2D eigenvalue weighted by atomic mass is 16.5. The third-order valence-corrected chi connectivity index (χ3v) is 4.98. The van der Waals surface area contributed by atoms with E-state index in [1.807, 2.05) is 0 Å². The summed E-state index contributed by atoms with van der Waals surface area (Å²) >= 11 is 0. The Morgan fingerprint density at radius 2 is 1.61 bits per heavy atom. The van der Waals surface area contributed by atoms with E-state index in [1.165, 1.54) is 19.2 Å². The molecule has 4 aromatic rings. The van der Waals surface area contributed by atoms with Crippen LogP contribution >= 0.6 is 0 Å². The maximum Gasteiger partial charge on any atom is 0.196 e. The minimum atomic E-state index is -0.216. The fourth-order valence-corrected chi connectivity index (χ4v) is 3.66. The van der Waals surface area contributed by atoms with Crippen molar-refractivity contribution in [2.45, 2.75) is 0 Å². The maximum absolute atomic E-state index is 13.1. The van der Waals surface area contributed by atoms with Crippen molar-refractivity contribution >= 4 is 22.6 Å². The van der Waals surface area contributed by atoms with Crippen molar-refractivity contribution in [1.29, 1.82) is 0 Å². The lowest BCUT2D eigenvalue weighted by Gasteiger charge is -2.17. The summed E-state index contributed by atoms with van der Waals surface area (Å²) in [6, 6.07) is 14.9. The number of aromatic nitrogens is 2. The number of nitrogens with zero attached hydrogens (tertiary/aromatic N) is 1. The van der Waals surface area contributed by atoms with E-state index in [1.54, 1.807) is 42.5 Å². The molecule has 136 valence electrons. The summed E-state index contributed by atoms with van der Waals surface area (Å²) in [4.78, 5) is 33.8. The summed E-state index contributed by atoms with van der Waals surface area (Å²) in [7, 11) is 1.50. The van der Waals surface area contributed by atoms with Gasteiger partial charge in [0.05, 0.1) is 23.8 Å². The highest BCUT2D eigenvalue weighted by Gasteiger charge is 2.32. The van der Waals surface area contributed by atoms with Gasteiger partial charge < -0.3 is 14.8 Å². The number of hydrogen-bond acceptors (Lipinski definition) is 5. The molecule has 0 aliphatic heterocycles.